The molecule has 0 aromatic heterocycles. The fourth-order valence-electron chi connectivity index (χ4n) is 9.97. The lowest BCUT2D eigenvalue weighted by molar-refractivity contribution is -0.162. The van der Waals surface area contributed by atoms with Gasteiger partial charge < -0.3 is 24.3 Å². The molecule has 4 fully saturated rings. The lowest BCUT2D eigenvalue weighted by Crippen LogP contribution is -2.52. The number of hydrogen-bond acceptors (Lipinski definition) is 5. The lowest BCUT2D eigenvalue weighted by Gasteiger charge is -2.58. The summed E-state index contributed by atoms with van der Waals surface area (Å²) in [6.07, 6.45) is 20.2. The van der Waals surface area contributed by atoms with E-state index in [-0.39, 0.29) is 24.4 Å². The molecule has 252 valence electrons. The van der Waals surface area contributed by atoms with Gasteiger partial charge in [-0.15, -0.1) is 0 Å². The second kappa shape index (κ2) is 15.3. The Labute approximate surface area is 281 Å². The number of carbonyl (C=O) groups is 1. The first-order chi connectivity index (χ1) is 21.0. The van der Waals surface area contributed by atoms with Gasteiger partial charge in [0.05, 0.1) is 6.10 Å². The van der Waals surface area contributed by atoms with E-state index in [2.05, 4.69) is 32.2 Å². The molecule has 1 unspecified atom stereocenters. The van der Waals surface area contributed by atoms with E-state index in [1.807, 2.05) is 0 Å². The fourth-order valence-corrected chi connectivity index (χ4v) is 10.1. The Hall–Kier alpha value is -0.240. The molecule has 0 spiro atoms. The Morgan fingerprint density at radius 2 is 1.77 bits per heavy atom. The molecule has 6 nitrogen and oxygen atoms in total. The third kappa shape index (κ3) is 8.42. The number of alkyl carbamates (subject to hydrolysis) is 1. The summed E-state index contributed by atoms with van der Waals surface area (Å²) < 4.78 is 21.5. The summed E-state index contributed by atoms with van der Waals surface area (Å²) >= 11 is 17.3. The Balaban J connectivity index is 1.05. The van der Waals surface area contributed by atoms with Gasteiger partial charge in [-0.1, -0.05) is 73.1 Å². The molecule has 0 aromatic carbocycles. The van der Waals surface area contributed by atoms with Gasteiger partial charge in [-0.3, -0.25) is 0 Å². The Kier molecular flexibility index (Phi) is 12.2. The lowest BCUT2D eigenvalue weighted by atomic mass is 9.47. The number of rotatable bonds is 12. The summed E-state index contributed by atoms with van der Waals surface area (Å²) in [5.74, 6) is 2.59. The van der Waals surface area contributed by atoms with Crippen LogP contribution < -0.4 is 5.32 Å². The minimum atomic E-state index is -1.60. The van der Waals surface area contributed by atoms with Crippen LogP contribution in [0.4, 0.5) is 4.79 Å². The van der Waals surface area contributed by atoms with Gasteiger partial charge in [0.15, 0.2) is 6.29 Å². The number of allylic oxidation sites excluding steroid dienone is 1. The van der Waals surface area contributed by atoms with Gasteiger partial charge in [0.1, 0.15) is 6.61 Å². The van der Waals surface area contributed by atoms with Crippen molar-refractivity contribution in [2.24, 2.45) is 34.5 Å². The van der Waals surface area contributed by atoms with E-state index >= 15 is 0 Å². The zero-order chi connectivity index (χ0) is 31.4. The number of alkyl halides is 3. The highest BCUT2D eigenvalue weighted by Crippen LogP contribution is 2.66. The summed E-state index contributed by atoms with van der Waals surface area (Å²) in [5.41, 5.74) is 2.19. The molecule has 1 amide bonds. The van der Waals surface area contributed by atoms with Crippen molar-refractivity contribution < 1.29 is 23.7 Å². The number of unbranched alkanes of at least 4 members (excludes halogenated alkanes) is 3. The van der Waals surface area contributed by atoms with Gasteiger partial charge in [-0.05, 0) is 125 Å². The maximum Gasteiger partial charge on any atom is 0.407 e. The molecule has 5 rings (SSSR count). The van der Waals surface area contributed by atoms with Crippen LogP contribution in [0.1, 0.15) is 117 Å². The molecule has 44 heavy (non-hydrogen) atoms. The first-order valence-corrected chi connectivity index (χ1v) is 18.7. The highest BCUT2D eigenvalue weighted by molar-refractivity contribution is 6.67. The highest BCUT2D eigenvalue weighted by Gasteiger charge is 2.59. The molecular weight excluding hydrogens is 621 g/mol. The van der Waals surface area contributed by atoms with Crippen LogP contribution in [0.25, 0.3) is 0 Å². The maximum absolute atomic E-state index is 12.4. The first kappa shape index (κ1) is 35.1. The van der Waals surface area contributed by atoms with Crippen LogP contribution in [0.2, 0.25) is 0 Å². The molecule has 0 bridgehead atoms. The predicted molar refractivity (Wildman–Crippen MR) is 177 cm³/mol. The molecule has 1 saturated heterocycles. The van der Waals surface area contributed by atoms with Gasteiger partial charge in [0.25, 0.3) is 0 Å². The minimum Gasteiger partial charge on any atom is -0.445 e. The van der Waals surface area contributed by atoms with E-state index in [0.717, 1.165) is 63.8 Å². The Bertz CT molecular complexity index is 984. The van der Waals surface area contributed by atoms with Gasteiger partial charge in [-0.2, -0.15) is 0 Å². The number of nitrogens with one attached hydrogen (secondary N) is 1. The summed E-state index contributed by atoms with van der Waals surface area (Å²) in [6.45, 7) is 9.45. The van der Waals surface area contributed by atoms with Crippen molar-refractivity contribution in [1.82, 2.24) is 5.32 Å². The molecule has 1 heterocycles. The van der Waals surface area contributed by atoms with Gasteiger partial charge >= 0.3 is 6.09 Å². The minimum absolute atomic E-state index is 0.0202. The van der Waals surface area contributed by atoms with Gasteiger partial charge in [0, 0.05) is 25.9 Å². The average Bonchev–Trinajstić information content (AvgIpc) is 3.35. The summed E-state index contributed by atoms with van der Waals surface area (Å²) in [6, 6.07) is 0.0202. The second-order valence-corrected chi connectivity index (χ2v) is 17.4. The monoisotopic (exact) mass is 675 g/mol. The average molecular weight is 677 g/mol. The summed E-state index contributed by atoms with van der Waals surface area (Å²) in [5, 5.41) is 3.05. The molecule has 1 aliphatic heterocycles. The van der Waals surface area contributed by atoms with E-state index in [0.29, 0.717) is 23.4 Å². The van der Waals surface area contributed by atoms with Crippen molar-refractivity contribution in [2.75, 3.05) is 26.4 Å². The first-order valence-electron chi connectivity index (χ1n) is 17.5. The van der Waals surface area contributed by atoms with Crippen LogP contribution in [-0.2, 0) is 18.9 Å². The van der Waals surface area contributed by atoms with Crippen molar-refractivity contribution >= 4 is 40.9 Å². The summed E-state index contributed by atoms with van der Waals surface area (Å²) in [4.78, 5) is 12.4. The zero-order valence-corrected chi connectivity index (χ0v) is 29.5. The van der Waals surface area contributed by atoms with Crippen molar-refractivity contribution in [2.45, 2.75) is 139 Å². The van der Waals surface area contributed by atoms with Gasteiger partial charge in [0.2, 0.25) is 3.79 Å². The highest BCUT2D eigenvalue weighted by atomic mass is 35.6. The third-order valence-corrected chi connectivity index (χ3v) is 12.6. The summed E-state index contributed by atoms with van der Waals surface area (Å²) in [7, 11) is 0. The number of fused-ring (bicyclic) bond motifs is 5. The smallest absolute Gasteiger partial charge is 0.407 e. The number of amides is 1. The van der Waals surface area contributed by atoms with Crippen LogP contribution in [0, 0.1) is 34.5 Å². The van der Waals surface area contributed by atoms with E-state index < -0.39 is 9.89 Å². The van der Waals surface area contributed by atoms with Crippen molar-refractivity contribution in [3.63, 3.8) is 0 Å². The number of ether oxygens (including phenoxy) is 4. The predicted octanol–water partition coefficient (Wildman–Crippen LogP) is 9.54. The number of carbonyl (C=O) groups excluding carboxylic acids is 1. The van der Waals surface area contributed by atoms with Crippen LogP contribution >= 0.6 is 34.8 Å². The molecule has 3 saturated carbocycles. The maximum atomic E-state index is 12.4. The molecule has 5 aliphatic rings. The van der Waals surface area contributed by atoms with Gasteiger partial charge in [-0.25, -0.2) is 4.79 Å². The quantitative estimate of drug-likeness (QED) is 0.127. The molecule has 9 atom stereocenters. The fraction of sp³-hybridized carbons (Fsp3) is 0.914. The number of hydrogen-bond donors (Lipinski definition) is 1. The van der Waals surface area contributed by atoms with Crippen LogP contribution in [0.5, 0.6) is 0 Å². The van der Waals surface area contributed by atoms with Crippen molar-refractivity contribution in [3.8, 4) is 0 Å². The molecule has 0 radical (unpaired) electrons. The number of halogens is 3. The van der Waals surface area contributed by atoms with Crippen molar-refractivity contribution in [1.29, 1.82) is 0 Å². The standard InChI is InChI=1S/C35H56Cl3NO5/c1-24(39-32(40)44-23-35(36,37)38)28-13-14-29-27-12-11-25-22-26(15-17-33(25,2)30(27)16-18-34(28,29)3)41-19-7-4-5-8-20-42-31-10-6-9-21-43-31/h11,24,26-31H,4-10,12-23H2,1-3H3,(H,39,40)/t24-,26+,27+,28-,29+,30+,31?,33+,34-/m1/s1. The third-order valence-electron chi connectivity index (χ3n) is 12.3. The van der Waals surface area contributed by atoms with E-state index in [1.54, 1.807) is 5.57 Å². The van der Waals surface area contributed by atoms with E-state index in [4.69, 9.17) is 53.8 Å². The zero-order valence-electron chi connectivity index (χ0n) is 27.2. The Morgan fingerprint density at radius 3 is 2.50 bits per heavy atom. The normalized spacial score (nSPS) is 37.7. The van der Waals surface area contributed by atoms with Crippen LogP contribution in [0.15, 0.2) is 11.6 Å². The van der Waals surface area contributed by atoms with Crippen LogP contribution in [0.3, 0.4) is 0 Å². The molecule has 4 aliphatic carbocycles. The van der Waals surface area contributed by atoms with Crippen molar-refractivity contribution in [3.05, 3.63) is 11.6 Å². The van der Waals surface area contributed by atoms with E-state index in [1.165, 1.54) is 64.2 Å². The van der Waals surface area contributed by atoms with E-state index in [9.17, 15) is 4.79 Å². The molecule has 0 aromatic rings. The molecule has 1 N–H and O–H groups in total. The SMILES string of the molecule is C[C@@H](NC(=O)OCC(Cl)(Cl)Cl)[C@H]1CC[C@H]2[C@@H]3CC=C4C[C@@H](OCCCCCCOC5CCCCO5)CC[C@]4(C)[C@H]3CC[C@]12C. The van der Waals surface area contributed by atoms with Crippen LogP contribution in [-0.4, -0.2) is 54.7 Å². The topological polar surface area (TPSA) is 66.0 Å². The largest absolute Gasteiger partial charge is 0.445 e. The Morgan fingerprint density at radius 1 is 1.00 bits per heavy atom. The second-order valence-electron chi connectivity index (χ2n) is 14.9. The molecular formula is C35H56Cl3NO5. The molecule has 9 heteroatoms.